The highest BCUT2D eigenvalue weighted by atomic mass is 16.1. The van der Waals surface area contributed by atoms with E-state index in [1.54, 1.807) is 11.1 Å². The van der Waals surface area contributed by atoms with E-state index < -0.39 is 0 Å². The van der Waals surface area contributed by atoms with Gasteiger partial charge in [0, 0.05) is 17.0 Å². The molecule has 1 spiro atoms. The highest BCUT2D eigenvalue weighted by Crippen LogP contribution is 2.72. The van der Waals surface area contributed by atoms with E-state index in [-0.39, 0.29) is 27.7 Å². The Kier molecular flexibility index (Phi) is 4.37. The van der Waals surface area contributed by atoms with Gasteiger partial charge < -0.3 is 5.73 Å². The van der Waals surface area contributed by atoms with Crippen molar-refractivity contribution in [3.8, 4) is 0 Å². The first-order valence-corrected chi connectivity index (χ1v) is 13.0. The molecule has 0 saturated heterocycles. The molecule has 5 aliphatic carbocycles. The van der Waals surface area contributed by atoms with E-state index in [2.05, 4.69) is 32.9 Å². The molecule has 0 bridgehead atoms. The number of allylic oxidation sites excluding steroid dienone is 3. The van der Waals surface area contributed by atoms with Gasteiger partial charge in [-0.3, -0.25) is 4.79 Å². The minimum absolute atomic E-state index is 0.129. The SMILES string of the molecule is C/C=C1/CCC2C3(N)CC[C@@H]4CC5(CC[C@]4(C)C3=CC[C@]12C)CC5C(=O)c1ccccc1. The van der Waals surface area contributed by atoms with Gasteiger partial charge in [-0.25, -0.2) is 0 Å². The van der Waals surface area contributed by atoms with Crippen molar-refractivity contribution < 1.29 is 4.79 Å². The zero-order valence-electron chi connectivity index (χ0n) is 20.1. The Morgan fingerprint density at radius 3 is 2.56 bits per heavy atom. The van der Waals surface area contributed by atoms with Crippen LogP contribution in [-0.4, -0.2) is 11.3 Å². The van der Waals surface area contributed by atoms with Crippen molar-refractivity contribution >= 4 is 5.78 Å². The first-order chi connectivity index (χ1) is 15.3. The van der Waals surface area contributed by atoms with Gasteiger partial charge in [-0.05, 0) is 98.4 Å². The van der Waals surface area contributed by atoms with Crippen LogP contribution in [0.2, 0.25) is 0 Å². The normalized spacial score (nSPS) is 48.1. The largest absolute Gasteiger partial charge is 0.321 e. The van der Waals surface area contributed by atoms with Gasteiger partial charge in [0.05, 0.1) is 0 Å². The number of Topliss-reactive ketones (excluding diaryl/α,β-unsaturated/α-hetero) is 1. The van der Waals surface area contributed by atoms with Crippen LogP contribution in [0.1, 0.15) is 88.9 Å². The first-order valence-electron chi connectivity index (χ1n) is 13.0. The van der Waals surface area contributed by atoms with Gasteiger partial charge in [0.15, 0.2) is 5.78 Å². The molecule has 2 nitrogen and oxygen atoms in total. The van der Waals surface area contributed by atoms with E-state index in [0.29, 0.717) is 17.6 Å². The van der Waals surface area contributed by atoms with E-state index in [1.165, 1.54) is 38.5 Å². The number of benzene rings is 1. The van der Waals surface area contributed by atoms with Gasteiger partial charge in [-0.15, -0.1) is 0 Å². The number of nitrogens with two attached hydrogens (primary N) is 1. The van der Waals surface area contributed by atoms with Crippen LogP contribution in [0.3, 0.4) is 0 Å². The summed E-state index contributed by atoms with van der Waals surface area (Å²) in [7, 11) is 0. The maximum atomic E-state index is 13.2. The predicted molar refractivity (Wildman–Crippen MR) is 130 cm³/mol. The van der Waals surface area contributed by atoms with Gasteiger partial charge in [0.25, 0.3) is 0 Å². The van der Waals surface area contributed by atoms with E-state index in [1.807, 2.05) is 30.3 Å². The van der Waals surface area contributed by atoms with E-state index >= 15 is 0 Å². The molecule has 2 N–H and O–H groups in total. The number of carbonyl (C=O) groups excluding carboxylic acids is 1. The summed E-state index contributed by atoms with van der Waals surface area (Å²) >= 11 is 0. The van der Waals surface area contributed by atoms with Crippen molar-refractivity contribution in [3.63, 3.8) is 0 Å². The lowest BCUT2D eigenvalue weighted by Gasteiger charge is -2.61. The summed E-state index contributed by atoms with van der Waals surface area (Å²) in [6.07, 6.45) is 15.7. The first kappa shape index (κ1) is 20.9. The molecule has 32 heavy (non-hydrogen) atoms. The predicted octanol–water partition coefficient (Wildman–Crippen LogP) is 6.87. The molecule has 0 radical (unpaired) electrons. The lowest BCUT2D eigenvalue weighted by Crippen LogP contribution is -2.62. The molecule has 1 aromatic rings. The van der Waals surface area contributed by atoms with Crippen LogP contribution < -0.4 is 5.73 Å². The Bertz CT molecular complexity index is 1020. The fraction of sp³-hybridized carbons (Fsp3) is 0.633. The number of rotatable bonds is 2. The third-order valence-corrected chi connectivity index (χ3v) is 11.2. The van der Waals surface area contributed by atoms with Crippen molar-refractivity contribution in [3.05, 3.63) is 59.2 Å². The van der Waals surface area contributed by atoms with Crippen molar-refractivity contribution in [2.24, 2.45) is 39.7 Å². The summed E-state index contributed by atoms with van der Waals surface area (Å²) in [6, 6.07) is 9.98. The number of fused-ring (bicyclic) bond motifs is 5. The summed E-state index contributed by atoms with van der Waals surface area (Å²) in [5.41, 5.74) is 12.2. The second-order valence-corrected chi connectivity index (χ2v) is 12.4. The fourth-order valence-corrected chi connectivity index (χ4v) is 9.21. The molecule has 0 heterocycles. The number of ketones is 1. The molecule has 0 amide bonds. The average Bonchev–Trinajstić information content (AvgIpc) is 3.37. The van der Waals surface area contributed by atoms with Crippen molar-refractivity contribution in [1.29, 1.82) is 0 Å². The maximum absolute atomic E-state index is 13.2. The van der Waals surface area contributed by atoms with E-state index in [0.717, 1.165) is 24.8 Å². The fourth-order valence-electron chi connectivity index (χ4n) is 9.21. The van der Waals surface area contributed by atoms with E-state index in [4.69, 9.17) is 5.73 Å². The maximum Gasteiger partial charge on any atom is 0.166 e. The zero-order valence-corrected chi connectivity index (χ0v) is 20.1. The standard InChI is InChI=1S/C30H39NO/c1-4-21-10-11-24-27(21,2)14-13-25-28(3)16-17-29(18-22(28)12-15-30(24,25)31)19-23(29)26(32)20-8-6-5-7-9-20/h4-9,13,22-24H,10-12,14-19,31H2,1-3H3/b21-4-/t22-,23?,24?,27-,28+,29?,30?/m1/s1. The number of hydrogen-bond donors (Lipinski definition) is 1. The molecule has 5 aliphatic rings. The Morgan fingerprint density at radius 1 is 1.03 bits per heavy atom. The highest BCUT2D eigenvalue weighted by Gasteiger charge is 2.66. The summed E-state index contributed by atoms with van der Waals surface area (Å²) < 4.78 is 0. The molecule has 4 unspecified atom stereocenters. The van der Waals surface area contributed by atoms with Gasteiger partial charge in [0.1, 0.15) is 0 Å². The molecule has 170 valence electrons. The zero-order chi connectivity index (χ0) is 22.4. The topological polar surface area (TPSA) is 43.1 Å². The van der Waals surface area contributed by atoms with Gasteiger partial charge in [-0.2, -0.15) is 0 Å². The van der Waals surface area contributed by atoms with Crippen LogP contribution >= 0.6 is 0 Å². The van der Waals surface area contributed by atoms with Crippen LogP contribution in [0.25, 0.3) is 0 Å². The van der Waals surface area contributed by atoms with Crippen molar-refractivity contribution in [2.45, 2.75) is 84.1 Å². The monoisotopic (exact) mass is 429 g/mol. The second kappa shape index (κ2) is 6.69. The Balaban J connectivity index is 1.27. The van der Waals surface area contributed by atoms with E-state index in [9.17, 15) is 4.79 Å². The quantitative estimate of drug-likeness (QED) is 0.412. The lowest BCUT2D eigenvalue weighted by atomic mass is 9.45. The summed E-state index contributed by atoms with van der Waals surface area (Å²) in [4.78, 5) is 13.2. The average molecular weight is 430 g/mol. The summed E-state index contributed by atoms with van der Waals surface area (Å²) in [5, 5.41) is 0. The highest BCUT2D eigenvalue weighted by molar-refractivity contribution is 6.00. The molecule has 7 atom stereocenters. The Morgan fingerprint density at radius 2 is 1.81 bits per heavy atom. The minimum Gasteiger partial charge on any atom is -0.321 e. The molecule has 1 aromatic carbocycles. The van der Waals surface area contributed by atoms with Crippen molar-refractivity contribution in [1.82, 2.24) is 0 Å². The van der Waals surface area contributed by atoms with Gasteiger partial charge in [0.2, 0.25) is 0 Å². The molecule has 4 saturated carbocycles. The van der Waals surface area contributed by atoms with Gasteiger partial charge in [-0.1, -0.05) is 61.9 Å². The number of carbonyl (C=O) groups is 1. The molecule has 0 aromatic heterocycles. The molecule has 2 heteroatoms. The van der Waals surface area contributed by atoms with Crippen LogP contribution in [0.15, 0.2) is 53.6 Å². The summed E-state index contributed by atoms with van der Waals surface area (Å²) in [5.74, 6) is 1.90. The summed E-state index contributed by atoms with van der Waals surface area (Å²) in [6.45, 7) is 7.23. The molecule has 0 aliphatic heterocycles. The Labute approximate surface area is 193 Å². The number of hydrogen-bond acceptors (Lipinski definition) is 2. The molecular formula is C30H39NO. The van der Waals surface area contributed by atoms with Crippen molar-refractivity contribution in [2.75, 3.05) is 0 Å². The van der Waals surface area contributed by atoms with Crippen LogP contribution in [-0.2, 0) is 0 Å². The van der Waals surface area contributed by atoms with Crippen LogP contribution in [0, 0.1) is 34.0 Å². The smallest absolute Gasteiger partial charge is 0.166 e. The lowest BCUT2D eigenvalue weighted by molar-refractivity contribution is 0.00939. The Hall–Kier alpha value is -1.67. The van der Waals surface area contributed by atoms with Crippen LogP contribution in [0.5, 0.6) is 0 Å². The molecule has 6 rings (SSSR count). The second-order valence-electron chi connectivity index (χ2n) is 12.4. The third kappa shape index (κ3) is 2.59. The van der Waals surface area contributed by atoms with Crippen LogP contribution in [0.4, 0.5) is 0 Å². The third-order valence-electron chi connectivity index (χ3n) is 11.2. The minimum atomic E-state index is -0.129. The molecule has 4 fully saturated rings. The van der Waals surface area contributed by atoms with Gasteiger partial charge >= 0.3 is 0 Å². The molecular weight excluding hydrogens is 390 g/mol.